The summed E-state index contributed by atoms with van der Waals surface area (Å²) in [6.07, 6.45) is 0.714. The van der Waals surface area contributed by atoms with E-state index < -0.39 is 0 Å². The predicted octanol–water partition coefficient (Wildman–Crippen LogP) is 4.59. The van der Waals surface area contributed by atoms with Gasteiger partial charge in [0.1, 0.15) is 23.9 Å². The number of hydrogen-bond donors (Lipinski definition) is 0. The van der Waals surface area contributed by atoms with Crippen LogP contribution in [0.5, 0.6) is 11.5 Å². The van der Waals surface area contributed by atoms with Crippen molar-refractivity contribution in [2.45, 2.75) is 26.7 Å². The molecule has 0 aromatic heterocycles. The van der Waals surface area contributed by atoms with Gasteiger partial charge >= 0.3 is 0 Å². The van der Waals surface area contributed by atoms with E-state index in [-0.39, 0.29) is 0 Å². The first-order valence-electron chi connectivity index (χ1n) is 6.83. The van der Waals surface area contributed by atoms with E-state index in [4.69, 9.17) is 10.00 Å². The smallest absolute Gasteiger partial charge is 0.150 e. The van der Waals surface area contributed by atoms with Gasteiger partial charge in [-0.15, -0.1) is 0 Å². The van der Waals surface area contributed by atoms with Crippen molar-refractivity contribution in [2.24, 2.45) is 0 Å². The van der Waals surface area contributed by atoms with Crippen LogP contribution in [0.4, 0.5) is 0 Å². The van der Waals surface area contributed by atoms with E-state index in [0.717, 1.165) is 5.56 Å². The third-order valence-electron chi connectivity index (χ3n) is 3.35. The number of rotatable bonds is 4. The van der Waals surface area contributed by atoms with Gasteiger partial charge in [-0.3, -0.25) is 4.79 Å². The number of ether oxygens (including phenoxy) is 1. The van der Waals surface area contributed by atoms with Gasteiger partial charge in [0.05, 0.1) is 5.56 Å². The fourth-order valence-corrected chi connectivity index (χ4v) is 2.28. The van der Waals surface area contributed by atoms with E-state index in [1.807, 2.05) is 25.1 Å². The van der Waals surface area contributed by atoms with Crippen molar-refractivity contribution in [1.82, 2.24) is 0 Å². The number of aryl methyl sites for hydroxylation is 1. The van der Waals surface area contributed by atoms with Crippen molar-refractivity contribution < 1.29 is 9.53 Å². The molecule has 0 unspecified atom stereocenters. The quantitative estimate of drug-likeness (QED) is 0.769. The van der Waals surface area contributed by atoms with Crippen LogP contribution in [-0.2, 0) is 0 Å². The summed E-state index contributed by atoms with van der Waals surface area (Å²) in [5.74, 6) is 1.60. The minimum Gasteiger partial charge on any atom is -0.456 e. The zero-order valence-electron chi connectivity index (χ0n) is 12.4. The Balaban J connectivity index is 2.32. The number of nitrogens with zero attached hydrogens (tertiary/aromatic N) is 1. The monoisotopic (exact) mass is 279 g/mol. The van der Waals surface area contributed by atoms with Gasteiger partial charge in [0.2, 0.25) is 0 Å². The average Bonchev–Trinajstić information content (AvgIpc) is 2.47. The number of carbonyl (C=O) groups is 1. The lowest BCUT2D eigenvalue weighted by Gasteiger charge is -2.13. The second-order valence-electron chi connectivity index (χ2n) is 5.26. The van der Waals surface area contributed by atoms with E-state index in [1.54, 1.807) is 12.1 Å². The summed E-state index contributed by atoms with van der Waals surface area (Å²) >= 11 is 0. The van der Waals surface area contributed by atoms with E-state index in [0.29, 0.717) is 34.8 Å². The highest BCUT2D eigenvalue weighted by Gasteiger charge is 2.08. The van der Waals surface area contributed by atoms with Crippen molar-refractivity contribution in [3.8, 4) is 17.6 Å². The maximum Gasteiger partial charge on any atom is 0.150 e. The van der Waals surface area contributed by atoms with Crippen LogP contribution in [0.3, 0.4) is 0 Å². The number of benzene rings is 2. The second-order valence-corrected chi connectivity index (χ2v) is 5.26. The zero-order valence-corrected chi connectivity index (χ0v) is 12.4. The van der Waals surface area contributed by atoms with Crippen LogP contribution in [0.25, 0.3) is 0 Å². The van der Waals surface area contributed by atoms with Crippen LogP contribution < -0.4 is 4.74 Å². The van der Waals surface area contributed by atoms with Gasteiger partial charge in [0.25, 0.3) is 0 Å². The van der Waals surface area contributed by atoms with Gasteiger partial charge in [-0.1, -0.05) is 19.9 Å². The van der Waals surface area contributed by atoms with E-state index >= 15 is 0 Å². The molecule has 0 heterocycles. The summed E-state index contributed by atoms with van der Waals surface area (Å²) in [7, 11) is 0. The maximum atomic E-state index is 10.7. The lowest BCUT2D eigenvalue weighted by molar-refractivity contribution is 0.112. The van der Waals surface area contributed by atoms with Crippen molar-refractivity contribution in [2.75, 3.05) is 0 Å². The van der Waals surface area contributed by atoms with Gasteiger partial charge in [0, 0.05) is 5.56 Å². The molecule has 0 fully saturated rings. The van der Waals surface area contributed by atoms with Crippen LogP contribution in [0.15, 0.2) is 36.4 Å². The molecule has 0 saturated carbocycles. The molecule has 0 N–H and O–H groups in total. The molecule has 0 atom stereocenters. The van der Waals surface area contributed by atoms with E-state index in [9.17, 15) is 4.79 Å². The number of hydrogen-bond acceptors (Lipinski definition) is 3. The molecular weight excluding hydrogens is 262 g/mol. The minimum absolute atomic E-state index is 0.352. The Labute approximate surface area is 124 Å². The lowest BCUT2D eigenvalue weighted by Crippen LogP contribution is -1.94. The zero-order chi connectivity index (χ0) is 15.4. The number of nitriles is 1. The summed E-state index contributed by atoms with van der Waals surface area (Å²) in [4.78, 5) is 10.7. The Morgan fingerprint density at radius 3 is 2.52 bits per heavy atom. The molecule has 0 aliphatic rings. The Hall–Kier alpha value is -2.60. The maximum absolute atomic E-state index is 10.7. The Bertz CT molecular complexity index is 712. The molecule has 2 aromatic carbocycles. The number of carbonyl (C=O) groups excluding carboxylic acids is 1. The average molecular weight is 279 g/mol. The second kappa shape index (κ2) is 6.23. The fourth-order valence-electron chi connectivity index (χ4n) is 2.28. The first-order valence-corrected chi connectivity index (χ1v) is 6.83. The van der Waals surface area contributed by atoms with Crippen molar-refractivity contribution >= 4 is 6.29 Å². The SMILES string of the molecule is Cc1cc(Oc2ccc(C=O)cc2C#N)ccc1C(C)C. The summed E-state index contributed by atoms with van der Waals surface area (Å²) in [5, 5.41) is 9.14. The molecule has 21 heavy (non-hydrogen) atoms. The molecule has 2 rings (SSSR count). The van der Waals surface area contributed by atoms with Gasteiger partial charge in [0.15, 0.2) is 0 Å². The molecule has 2 aromatic rings. The molecule has 0 saturated heterocycles. The molecule has 3 heteroatoms. The summed E-state index contributed by atoms with van der Waals surface area (Å²) in [5.41, 5.74) is 3.25. The van der Waals surface area contributed by atoms with E-state index in [2.05, 4.69) is 19.9 Å². The third kappa shape index (κ3) is 3.29. The summed E-state index contributed by atoms with van der Waals surface area (Å²) in [6.45, 7) is 6.34. The Morgan fingerprint density at radius 2 is 1.95 bits per heavy atom. The van der Waals surface area contributed by atoms with Crippen LogP contribution in [0.2, 0.25) is 0 Å². The lowest BCUT2D eigenvalue weighted by atomic mass is 9.98. The molecule has 0 bridgehead atoms. The fraction of sp³-hybridized carbons (Fsp3) is 0.222. The normalized spacial score (nSPS) is 10.2. The molecule has 0 aliphatic carbocycles. The first-order chi connectivity index (χ1) is 10.0. The predicted molar refractivity (Wildman–Crippen MR) is 81.9 cm³/mol. The largest absolute Gasteiger partial charge is 0.456 e. The van der Waals surface area contributed by atoms with Crippen LogP contribution >= 0.6 is 0 Å². The molecule has 0 radical (unpaired) electrons. The van der Waals surface area contributed by atoms with Crippen LogP contribution in [0.1, 0.15) is 46.8 Å². The van der Waals surface area contributed by atoms with Crippen molar-refractivity contribution in [1.29, 1.82) is 5.26 Å². The first kappa shape index (κ1) is 14.8. The van der Waals surface area contributed by atoms with Crippen LogP contribution in [-0.4, -0.2) is 6.29 Å². The van der Waals surface area contributed by atoms with Crippen molar-refractivity contribution in [3.05, 3.63) is 58.7 Å². The summed E-state index contributed by atoms with van der Waals surface area (Å²) < 4.78 is 5.78. The summed E-state index contributed by atoms with van der Waals surface area (Å²) in [6, 6.07) is 12.8. The molecular formula is C18H17NO2. The highest BCUT2D eigenvalue weighted by Crippen LogP contribution is 2.29. The highest BCUT2D eigenvalue weighted by molar-refractivity contribution is 5.76. The molecule has 106 valence electrons. The molecule has 0 spiro atoms. The molecule has 3 nitrogen and oxygen atoms in total. The third-order valence-corrected chi connectivity index (χ3v) is 3.35. The molecule has 0 aliphatic heterocycles. The minimum atomic E-state index is 0.352. The Morgan fingerprint density at radius 1 is 1.19 bits per heavy atom. The Kier molecular flexibility index (Phi) is 4.39. The number of aldehydes is 1. The standard InChI is InChI=1S/C18H17NO2/c1-12(2)17-6-5-16(8-13(17)3)21-18-7-4-14(11-20)9-15(18)10-19/h4-9,11-12H,1-3H3. The van der Waals surface area contributed by atoms with Gasteiger partial charge in [-0.25, -0.2) is 0 Å². The van der Waals surface area contributed by atoms with Gasteiger partial charge in [-0.05, 0) is 54.3 Å². The molecule has 0 amide bonds. The topological polar surface area (TPSA) is 50.1 Å². The highest BCUT2D eigenvalue weighted by atomic mass is 16.5. The van der Waals surface area contributed by atoms with Crippen molar-refractivity contribution in [3.63, 3.8) is 0 Å². The van der Waals surface area contributed by atoms with Crippen LogP contribution in [0, 0.1) is 18.3 Å². The van der Waals surface area contributed by atoms with Gasteiger partial charge in [-0.2, -0.15) is 5.26 Å². The van der Waals surface area contributed by atoms with E-state index in [1.165, 1.54) is 11.6 Å². The van der Waals surface area contributed by atoms with Gasteiger partial charge < -0.3 is 4.74 Å².